The van der Waals surface area contributed by atoms with Gasteiger partial charge in [-0.05, 0) is 31.0 Å². The molecule has 1 heterocycles. The van der Waals surface area contributed by atoms with E-state index in [0.29, 0.717) is 18.7 Å². The van der Waals surface area contributed by atoms with Crippen LogP contribution in [0.2, 0.25) is 0 Å². The van der Waals surface area contributed by atoms with Crippen LogP contribution >= 0.6 is 0 Å². The quantitative estimate of drug-likeness (QED) is 0.764. The molecule has 1 saturated heterocycles. The minimum Gasteiger partial charge on any atom is -0.507 e. The molecular formula is C13H18N2O2. The molecule has 0 radical (unpaired) electrons. The third-order valence-electron chi connectivity index (χ3n) is 3.34. The lowest BCUT2D eigenvalue weighted by Crippen LogP contribution is -2.46. The van der Waals surface area contributed by atoms with Gasteiger partial charge in [-0.25, -0.2) is 0 Å². The largest absolute Gasteiger partial charge is 0.507 e. The summed E-state index contributed by atoms with van der Waals surface area (Å²) in [6.07, 6.45) is 0. The second kappa shape index (κ2) is 4.75. The number of piperazine rings is 1. The summed E-state index contributed by atoms with van der Waals surface area (Å²) in [6.45, 7) is 6.79. The Morgan fingerprint density at radius 2 is 1.94 bits per heavy atom. The van der Waals surface area contributed by atoms with E-state index in [4.69, 9.17) is 0 Å². The molecule has 1 aromatic carbocycles. The highest BCUT2D eigenvalue weighted by molar-refractivity contribution is 5.97. The number of hydrogen-bond donors (Lipinski definition) is 2. The molecule has 17 heavy (non-hydrogen) atoms. The highest BCUT2D eigenvalue weighted by Crippen LogP contribution is 2.26. The van der Waals surface area contributed by atoms with Crippen LogP contribution in [0.15, 0.2) is 12.1 Å². The Bertz CT molecular complexity index is 437. The Kier molecular flexibility index (Phi) is 3.33. The number of aromatic hydroxyl groups is 1. The Labute approximate surface area is 101 Å². The molecule has 1 aliphatic heterocycles. The van der Waals surface area contributed by atoms with E-state index in [0.717, 1.165) is 24.2 Å². The molecule has 0 saturated carbocycles. The number of aryl methyl sites for hydroxylation is 1. The van der Waals surface area contributed by atoms with E-state index < -0.39 is 0 Å². The molecule has 2 N–H and O–H groups in total. The lowest BCUT2D eigenvalue weighted by atomic mass is 10.0. The molecule has 1 amide bonds. The van der Waals surface area contributed by atoms with Crippen LogP contribution in [-0.4, -0.2) is 42.1 Å². The Morgan fingerprint density at radius 1 is 1.29 bits per heavy atom. The number of phenols is 1. The molecule has 0 unspecified atom stereocenters. The van der Waals surface area contributed by atoms with Crippen LogP contribution in [-0.2, 0) is 0 Å². The minimum absolute atomic E-state index is 0.0768. The number of nitrogens with zero attached hydrogens (tertiary/aromatic N) is 1. The number of carbonyl (C=O) groups is 1. The standard InChI is InChI=1S/C13H18N2O2/c1-9-3-4-11(12(16)10(9)2)13(17)15-7-5-14-6-8-15/h3-4,14,16H,5-8H2,1-2H3. The van der Waals surface area contributed by atoms with Crippen LogP contribution in [0.4, 0.5) is 0 Å². The zero-order valence-electron chi connectivity index (χ0n) is 10.3. The van der Waals surface area contributed by atoms with Crippen molar-refractivity contribution in [3.63, 3.8) is 0 Å². The maximum atomic E-state index is 12.2. The van der Waals surface area contributed by atoms with Crippen LogP contribution in [0, 0.1) is 13.8 Å². The molecule has 1 fully saturated rings. The molecule has 0 spiro atoms. The summed E-state index contributed by atoms with van der Waals surface area (Å²) in [5, 5.41) is 13.2. The first kappa shape index (κ1) is 11.9. The monoisotopic (exact) mass is 234 g/mol. The lowest BCUT2D eigenvalue weighted by molar-refractivity contribution is 0.0732. The molecule has 4 nitrogen and oxygen atoms in total. The van der Waals surface area contributed by atoms with Gasteiger partial charge in [0.05, 0.1) is 5.56 Å². The zero-order chi connectivity index (χ0) is 12.4. The van der Waals surface area contributed by atoms with Crippen molar-refractivity contribution in [2.45, 2.75) is 13.8 Å². The fraction of sp³-hybridized carbons (Fsp3) is 0.462. The molecule has 1 aliphatic rings. The number of carbonyl (C=O) groups excluding carboxylic acids is 1. The van der Waals surface area contributed by atoms with Crippen molar-refractivity contribution in [1.82, 2.24) is 10.2 Å². The van der Waals surface area contributed by atoms with Gasteiger partial charge in [-0.3, -0.25) is 4.79 Å². The van der Waals surface area contributed by atoms with Crippen LogP contribution in [0.1, 0.15) is 21.5 Å². The van der Waals surface area contributed by atoms with Crippen molar-refractivity contribution >= 4 is 5.91 Å². The molecule has 1 aromatic rings. The summed E-state index contributed by atoms with van der Waals surface area (Å²) in [7, 11) is 0. The topological polar surface area (TPSA) is 52.6 Å². The number of amides is 1. The average Bonchev–Trinajstić information content (AvgIpc) is 2.36. The van der Waals surface area contributed by atoms with Gasteiger partial charge in [0, 0.05) is 26.2 Å². The number of rotatable bonds is 1. The fourth-order valence-electron chi connectivity index (χ4n) is 2.01. The summed E-state index contributed by atoms with van der Waals surface area (Å²) < 4.78 is 0. The second-order valence-corrected chi connectivity index (χ2v) is 4.45. The summed E-state index contributed by atoms with van der Waals surface area (Å²) >= 11 is 0. The summed E-state index contributed by atoms with van der Waals surface area (Å²) in [5.41, 5.74) is 2.19. The van der Waals surface area contributed by atoms with E-state index in [9.17, 15) is 9.90 Å². The Morgan fingerprint density at radius 3 is 2.59 bits per heavy atom. The van der Waals surface area contributed by atoms with Crippen molar-refractivity contribution in [3.8, 4) is 5.75 Å². The molecule has 0 aromatic heterocycles. The lowest BCUT2D eigenvalue weighted by Gasteiger charge is -2.28. The third kappa shape index (κ3) is 2.26. The van der Waals surface area contributed by atoms with Gasteiger partial charge in [0.1, 0.15) is 5.75 Å². The van der Waals surface area contributed by atoms with E-state index in [2.05, 4.69) is 5.32 Å². The minimum atomic E-state index is -0.0768. The van der Waals surface area contributed by atoms with Gasteiger partial charge in [-0.2, -0.15) is 0 Å². The second-order valence-electron chi connectivity index (χ2n) is 4.45. The van der Waals surface area contributed by atoms with Crippen LogP contribution < -0.4 is 5.32 Å². The maximum absolute atomic E-state index is 12.2. The van der Waals surface area contributed by atoms with Gasteiger partial charge in [-0.1, -0.05) is 6.07 Å². The number of hydrogen-bond acceptors (Lipinski definition) is 3. The predicted molar refractivity (Wildman–Crippen MR) is 66.4 cm³/mol. The van der Waals surface area contributed by atoms with Crippen LogP contribution in [0.5, 0.6) is 5.75 Å². The van der Waals surface area contributed by atoms with Crippen molar-refractivity contribution in [1.29, 1.82) is 0 Å². The fourth-order valence-corrected chi connectivity index (χ4v) is 2.01. The van der Waals surface area contributed by atoms with Gasteiger partial charge < -0.3 is 15.3 Å². The van der Waals surface area contributed by atoms with E-state index in [-0.39, 0.29) is 11.7 Å². The van der Waals surface area contributed by atoms with Gasteiger partial charge in [0.25, 0.3) is 5.91 Å². The zero-order valence-corrected chi connectivity index (χ0v) is 10.3. The molecular weight excluding hydrogens is 216 g/mol. The van der Waals surface area contributed by atoms with Crippen molar-refractivity contribution in [2.75, 3.05) is 26.2 Å². The number of phenolic OH excluding ortho intramolecular Hbond substituents is 1. The molecule has 92 valence electrons. The van der Waals surface area contributed by atoms with E-state index in [1.54, 1.807) is 11.0 Å². The highest BCUT2D eigenvalue weighted by atomic mass is 16.3. The average molecular weight is 234 g/mol. The van der Waals surface area contributed by atoms with Crippen LogP contribution in [0.25, 0.3) is 0 Å². The van der Waals surface area contributed by atoms with Gasteiger partial charge in [-0.15, -0.1) is 0 Å². The van der Waals surface area contributed by atoms with E-state index >= 15 is 0 Å². The Hall–Kier alpha value is -1.55. The first-order valence-electron chi connectivity index (χ1n) is 5.90. The normalized spacial score (nSPS) is 16.0. The number of nitrogens with one attached hydrogen (secondary N) is 1. The molecule has 0 atom stereocenters. The SMILES string of the molecule is Cc1ccc(C(=O)N2CCNCC2)c(O)c1C. The van der Waals surface area contributed by atoms with Crippen molar-refractivity contribution in [2.24, 2.45) is 0 Å². The Balaban J connectivity index is 2.27. The van der Waals surface area contributed by atoms with E-state index in [1.165, 1.54) is 0 Å². The summed E-state index contributed by atoms with van der Waals surface area (Å²) in [6, 6.07) is 3.59. The van der Waals surface area contributed by atoms with Crippen molar-refractivity contribution < 1.29 is 9.90 Å². The van der Waals surface area contributed by atoms with Gasteiger partial charge >= 0.3 is 0 Å². The molecule has 4 heteroatoms. The predicted octanol–water partition coefficient (Wildman–Crippen LogP) is 1.05. The molecule has 0 bridgehead atoms. The molecule has 0 aliphatic carbocycles. The van der Waals surface area contributed by atoms with Crippen molar-refractivity contribution in [3.05, 3.63) is 28.8 Å². The molecule has 2 rings (SSSR count). The van der Waals surface area contributed by atoms with Gasteiger partial charge in [0.15, 0.2) is 0 Å². The number of benzene rings is 1. The summed E-state index contributed by atoms with van der Waals surface area (Å²) in [4.78, 5) is 14.0. The summed E-state index contributed by atoms with van der Waals surface area (Å²) in [5.74, 6) is 0.0423. The maximum Gasteiger partial charge on any atom is 0.257 e. The first-order valence-corrected chi connectivity index (χ1v) is 5.90. The van der Waals surface area contributed by atoms with Crippen LogP contribution in [0.3, 0.4) is 0 Å². The highest BCUT2D eigenvalue weighted by Gasteiger charge is 2.21. The smallest absolute Gasteiger partial charge is 0.257 e. The van der Waals surface area contributed by atoms with Gasteiger partial charge in [0.2, 0.25) is 0 Å². The third-order valence-corrected chi connectivity index (χ3v) is 3.34. The van der Waals surface area contributed by atoms with E-state index in [1.807, 2.05) is 19.9 Å². The first-order chi connectivity index (χ1) is 8.11.